The highest BCUT2D eigenvalue weighted by Crippen LogP contribution is 2.11. The van der Waals surface area contributed by atoms with Crippen molar-refractivity contribution in [2.45, 2.75) is 142 Å². The molecular formula is C26H49NO4. The molecule has 1 amide bonds. The lowest BCUT2D eigenvalue weighted by molar-refractivity contribution is -0.159. The van der Waals surface area contributed by atoms with E-state index in [1.165, 1.54) is 77.0 Å². The molecule has 1 N–H and O–H groups in total. The van der Waals surface area contributed by atoms with E-state index in [2.05, 4.69) is 19.2 Å². The molecule has 0 aromatic rings. The molecule has 0 atom stereocenters. The molecule has 182 valence electrons. The molecule has 0 bridgehead atoms. The number of rotatable bonds is 22. The van der Waals surface area contributed by atoms with E-state index in [4.69, 9.17) is 4.74 Å². The van der Waals surface area contributed by atoms with E-state index in [1.54, 1.807) is 0 Å². The van der Waals surface area contributed by atoms with Gasteiger partial charge in [0.1, 0.15) is 6.54 Å². The monoisotopic (exact) mass is 439 g/mol. The van der Waals surface area contributed by atoms with Crippen LogP contribution in [0.4, 0.5) is 0 Å². The van der Waals surface area contributed by atoms with Gasteiger partial charge in [0.15, 0.2) is 0 Å². The van der Waals surface area contributed by atoms with Crippen LogP contribution in [-0.4, -0.2) is 24.4 Å². The lowest BCUT2D eigenvalue weighted by Gasteiger charge is -2.06. The van der Waals surface area contributed by atoms with E-state index in [9.17, 15) is 14.4 Å². The fourth-order valence-corrected chi connectivity index (χ4v) is 3.65. The van der Waals surface area contributed by atoms with Gasteiger partial charge in [0.2, 0.25) is 5.91 Å². The molecule has 0 aliphatic heterocycles. The number of hydrogen-bond donors (Lipinski definition) is 1. The molecule has 0 saturated carbocycles. The van der Waals surface area contributed by atoms with E-state index < -0.39 is 11.9 Å². The first-order chi connectivity index (χ1) is 15.1. The van der Waals surface area contributed by atoms with Crippen LogP contribution in [-0.2, 0) is 19.1 Å². The molecule has 0 heterocycles. The zero-order valence-electron chi connectivity index (χ0n) is 20.5. The summed E-state index contributed by atoms with van der Waals surface area (Å²) in [5.41, 5.74) is 0. The fourth-order valence-electron chi connectivity index (χ4n) is 3.65. The van der Waals surface area contributed by atoms with Gasteiger partial charge in [0.25, 0.3) is 0 Å². The van der Waals surface area contributed by atoms with Gasteiger partial charge in [-0.15, -0.1) is 0 Å². The lowest BCUT2D eigenvalue weighted by Crippen LogP contribution is -2.31. The van der Waals surface area contributed by atoms with Crippen molar-refractivity contribution in [3.63, 3.8) is 0 Å². The summed E-state index contributed by atoms with van der Waals surface area (Å²) < 4.78 is 4.78. The smallest absolute Gasteiger partial charge is 0.333 e. The largest absolute Gasteiger partial charge is 0.392 e. The molecule has 0 unspecified atom stereocenters. The molecule has 0 saturated heterocycles. The first-order valence-electron chi connectivity index (χ1n) is 13.1. The fraction of sp³-hybridized carbons (Fsp3) is 0.885. The number of hydrogen-bond acceptors (Lipinski definition) is 4. The molecule has 5 heteroatoms. The van der Waals surface area contributed by atoms with Crippen LogP contribution in [0.3, 0.4) is 0 Å². The summed E-state index contributed by atoms with van der Waals surface area (Å²) in [7, 11) is 0. The van der Waals surface area contributed by atoms with Gasteiger partial charge in [0.05, 0.1) is 0 Å². The van der Waals surface area contributed by atoms with Crippen molar-refractivity contribution >= 4 is 17.8 Å². The summed E-state index contributed by atoms with van der Waals surface area (Å²) >= 11 is 0. The van der Waals surface area contributed by atoms with Crippen LogP contribution < -0.4 is 5.32 Å². The second-order valence-electron chi connectivity index (χ2n) is 8.78. The molecule has 5 nitrogen and oxygen atoms in total. The predicted molar refractivity (Wildman–Crippen MR) is 128 cm³/mol. The highest BCUT2D eigenvalue weighted by molar-refractivity contribution is 5.88. The summed E-state index contributed by atoms with van der Waals surface area (Å²) in [6, 6.07) is 0. The van der Waals surface area contributed by atoms with E-state index in [0.29, 0.717) is 6.42 Å². The summed E-state index contributed by atoms with van der Waals surface area (Å²) in [6.07, 6.45) is 22.1. The average molecular weight is 440 g/mol. The van der Waals surface area contributed by atoms with Gasteiger partial charge >= 0.3 is 11.9 Å². The third-order valence-corrected chi connectivity index (χ3v) is 5.65. The van der Waals surface area contributed by atoms with Gasteiger partial charge in [-0.05, 0) is 12.8 Å². The van der Waals surface area contributed by atoms with E-state index >= 15 is 0 Å². The summed E-state index contributed by atoms with van der Waals surface area (Å²) in [5.74, 6) is -1.30. The zero-order valence-corrected chi connectivity index (χ0v) is 20.5. The second kappa shape index (κ2) is 23.3. The van der Waals surface area contributed by atoms with Crippen LogP contribution in [0.5, 0.6) is 0 Å². The molecule has 0 radical (unpaired) electrons. The van der Waals surface area contributed by atoms with E-state index in [-0.39, 0.29) is 18.9 Å². The van der Waals surface area contributed by atoms with Crippen LogP contribution in [0.2, 0.25) is 0 Å². The standard InChI is InChI=1S/C26H49NO4/c1-3-5-7-9-11-13-15-17-19-21-24(28)27-23-26(30)31-25(29)22-20-18-16-14-12-10-8-6-4-2/h3-23H2,1-2H3,(H,27,28). The second-order valence-corrected chi connectivity index (χ2v) is 8.78. The summed E-state index contributed by atoms with van der Waals surface area (Å²) in [5, 5.41) is 2.55. The molecule has 31 heavy (non-hydrogen) atoms. The maximum absolute atomic E-state index is 11.8. The molecule has 0 aliphatic rings. The topological polar surface area (TPSA) is 72.5 Å². The van der Waals surface area contributed by atoms with E-state index in [1.807, 2.05) is 0 Å². The van der Waals surface area contributed by atoms with Crippen molar-refractivity contribution in [3.05, 3.63) is 0 Å². The minimum Gasteiger partial charge on any atom is -0.392 e. The lowest BCUT2D eigenvalue weighted by atomic mass is 10.1. The Hall–Kier alpha value is -1.39. The molecule has 0 spiro atoms. The van der Waals surface area contributed by atoms with Crippen LogP contribution >= 0.6 is 0 Å². The van der Waals surface area contributed by atoms with Crippen molar-refractivity contribution in [2.24, 2.45) is 0 Å². The molecule has 0 aromatic carbocycles. The van der Waals surface area contributed by atoms with E-state index in [0.717, 1.165) is 38.5 Å². The van der Waals surface area contributed by atoms with Crippen LogP contribution in [0, 0.1) is 0 Å². The Morgan fingerprint density at radius 1 is 0.516 bits per heavy atom. The highest BCUT2D eigenvalue weighted by atomic mass is 16.6. The maximum Gasteiger partial charge on any atom is 0.333 e. The third kappa shape index (κ3) is 23.1. The van der Waals surface area contributed by atoms with Crippen molar-refractivity contribution in [1.29, 1.82) is 0 Å². The number of ether oxygens (including phenoxy) is 1. The molecule has 0 aromatic heterocycles. The Bertz CT molecular complexity index is 451. The van der Waals surface area contributed by atoms with Crippen molar-refractivity contribution in [2.75, 3.05) is 6.54 Å². The van der Waals surface area contributed by atoms with Crippen molar-refractivity contribution in [1.82, 2.24) is 5.32 Å². The maximum atomic E-state index is 11.8. The molecule has 0 fully saturated rings. The Morgan fingerprint density at radius 2 is 0.903 bits per heavy atom. The van der Waals surface area contributed by atoms with Gasteiger partial charge in [-0.25, -0.2) is 4.79 Å². The van der Waals surface area contributed by atoms with Crippen LogP contribution in [0.25, 0.3) is 0 Å². The Labute approximate surface area is 191 Å². The van der Waals surface area contributed by atoms with Gasteiger partial charge < -0.3 is 10.1 Å². The normalized spacial score (nSPS) is 10.8. The Balaban J connectivity index is 3.48. The van der Waals surface area contributed by atoms with Gasteiger partial charge in [-0.2, -0.15) is 0 Å². The quantitative estimate of drug-likeness (QED) is 0.112. The number of amides is 1. The Kier molecular flexibility index (Phi) is 22.2. The Morgan fingerprint density at radius 3 is 1.35 bits per heavy atom. The minimum absolute atomic E-state index is 0.147. The van der Waals surface area contributed by atoms with Crippen molar-refractivity contribution < 1.29 is 19.1 Å². The minimum atomic E-state index is -0.665. The summed E-state index contributed by atoms with van der Waals surface area (Å²) in [6.45, 7) is 4.22. The first-order valence-corrected chi connectivity index (χ1v) is 13.1. The predicted octanol–water partition coefficient (Wildman–Crippen LogP) is 7.01. The van der Waals surface area contributed by atoms with Gasteiger partial charge in [-0.3, -0.25) is 9.59 Å². The average Bonchev–Trinajstić information content (AvgIpc) is 2.75. The van der Waals surface area contributed by atoms with Crippen LogP contribution in [0.1, 0.15) is 142 Å². The number of carbonyl (C=O) groups is 3. The van der Waals surface area contributed by atoms with Crippen LogP contribution in [0.15, 0.2) is 0 Å². The van der Waals surface area contributed by atoms with Gasteiger partial charge in [-0.1, -0.05) is 117 Å². The van der Waals surface area contributed by atoms with Gasteiger partial charge in [0, 0.05) is 12.8 Å². The highest BCUT2D eigenvalue weighted by Gasteiger charge is 2.11. The summed E-state index contributed by atoms with van der Waals surface area (Å²) in [4.78, 5) is 35.2. The number of esters is 2. The molecular weight excluding hydrogens is 390 g/mol. The first kappa shape index (κ1) is 29.6. The molecule has 0 aliphatic carbocycles. The SMILES string of the molecule is CCCCCCCCCCCC(=O)NCC(=O)OC(=O)CCCCCCCCCCC. The number of carbonyl (C=O) groups excluding carboxylic acids is 3. The number of nitrogens with one attached hydrogen (secondary N) is 1. The zero-order chi connectivity index (χ0) is 23.0. The molecule has 0 rings (SSSR count). The third-order valence-electron chi connectivity index (χ3n) is 5.65. The van der Waals surface area contributed by atoms with Crippen molar-refractivity contribution in [3.8, 4) is 0 Å². The number of unbranched alkanes of at least 4 members (excludes halogenated alkanes) is 16.